The first-order valence-corrected chi connectivity index (χ1v) is 6.21. The van der Waals surface area contributed by atoms with Crippen LogP contribution in [0, 0.1) is 0 Å². The van der Waals surface area contributed by atoms with Crippen LogP contribution in [0.3, 0.4) is 0 Å². The van der Waals surface area contributed by atoms with Gasteiger partial charge in [-0.3, -0.25) is 0 Å². The Morgan fingerprint density at radius 2 is 2.25 bits per heavy atom. The summed E-state index contributed by atoms with van der Waals surface area (Å²) in [5, 5.41) is 4.08. The van der Waals surface area contributed by atoms with Crippen LogP contribution >= 0.6 is 11.6 Å². The quantitative estimate of drug-likeness (QED) is 0.875. The van der Waals surface area contributed by atoms with Gasteiger partial charge < -0.3 is 10.1 Å². The van der Waals surface area contributed by atoms with Gasteiger partial charge in [-0.05, 0) is 50.4 Å². The second kappa shape index (κ2) is 5.07. The van der Waals surface area contributed by atoms with Gasteiger partial charge in [0.2, 0.25) is 0 Å². The first kappa shape index (κ1) is 11.7. The van der Waals surface area contributed by atoms with Crippen molar-refractivity contribution in [2.24, 2.45) is 0 Å². The van der Waals surface area contributed by atoms with Crippen LogP contribution in [0.2, 0.25) is 5.02 Å². The van der Waals surface area contributed by atoms with Crippen LogP contribution in [0.4, 0.5) is 0 Å². The van der Waals surface area contributed by atoms with E-state index in [1.54, 1.807) is 0 Å². The third-order valence-electron chi connectivity index (χ3n) is 2.85. The predicted molar refractivity (Wildman–Crippen MR) is 67.4 cm³/mol. The lowest BCUT2D eigenvalue weighted by Crippen LogP contribution is -2.08. The Morgan fingerprint density at radius 1 is 1.44 bits per heavy atom. The molecule has 1 N–H and O–H groups in total. The highest BCUT2D eigenvalue weighted by Crippen LogP contribution is 2.31. The lowest BCUT2D eigenvalue weighted by atomic mass is 9.98. The number of benzene rings is 1. The molecule has 0 amide bonds. The van der Waals surface area contributed by atoms with E-state index in [0.29, 0.717) is 5.92 Å². The molecule has 1 aromatic carbocycles. The number of nitrogens with one attached hydrogen (secondary N) is 1. The second-order valence-corrected chi connectivity index (χ2v) is 4.95. The Labute approximate surface area is 102 Å². The van der Waals surface area contributed by atoms with Gasteiger partial charge in [-0.1, -0.05) is 17.7 Å². The van der Waals surface area contributed by atoms with Gasteiger partial charge in [0.25, 0.3) is 0 Å². The summed E-state index contributed by atoms with van der Waals surface area (Å²) in [6, 6.07) is 6.15. The number of ether oxygens (including phenoxy) is 1. The Balaban J connectivity index is 2.15. The minimum absolute atomic E-state index is 0.163. The highest BCUT2D eigenvalue weighted by Gasteiger charge is 2.17. The van der Waals surface area contributed by atoms with Gasteiger partial charge in [-0.25, -0.2) is 0 Å². The molecule has 1 atom stereocenters. The zero-order valence-corrected chi connectivity index (χ0v) is 10.6. The summed E-state index contributed by atoms with van der Waals surface area (Å²) in [7, 11) is 0. The van der Waals surface area contributed by atoms with Crippen molar-refractivity contribution >= 4 is 11.6 Å². The summed E-state index contributed by atoms with van der Waals surface area (Å²) in [6.07, 6.45) is 1.36. The van der Waals surface area contributed by atoms with Gasteiger partial charge in [0.15, 0.2) is 0 Å². The molecule has 1 saturated heterocycles. The Morgan fingerprint density at radius 3 is 2.81 bits per heavy atom. The fourth-order valence-electron chi connectivity index (χ4n) is 2.06. The molecule has 88 valence electrons. The molecular weight excluding hydrogens is 222 g/mol. The van der Waals surface area contributed by atoms with Crippen molar-refractivity contribution in [2.45, 2.75) is 32.3 Å². The smallest absolute Gasteiger partial charge is 0.138 e. The molecule has 0 spiro atoms. The number of halogens is 1. The van der Waals surface area contributed by atoms with Gasteiger partial charge in [-0.15, -0.1) is 0 Å². The predicted octanol–water partition coefficient (Wildman–Crippen LogP) is 3.20. The SMILES string of the molecule is CC(C)Oc1ccc(C2CCNC2)cc1Cl. The van der Waals surface area contributed by atoms with Crippen molar-refractivity contribution in [3.05, 3.63) is 28.8 Å². The van der Waals surface area contributed by atoms with E-state index in [9.17, 15) is 0 Å². The highest BCUT2D eigenvalue weighted by molar-refractivity contribution is 6.32. The van der Waals surface area contributed by atoms with Gasteiger partial charge in [0.05, 0.1) is 11.1 Å². The van der Waals surface area contributed by atoms with Gasteiger partial charge >= 0.3 is 0 Å². The maximum atomic E-state index is 6.21. The zero-order valence-electron chi connectivity index (χ0n) is 9.79. The van der Waals surface area contributed by atoms with Crippen LogP contribution in [0.15, 0.2) is 18.2 Å². The minimum atomic E-state index is 0.163. The summed E-state index contributed by atoms with van der Waals surface area (Å²) < 4.78 is 5.62. The van der Waals surface area contributed by atoms with E-state index in [0.717, 1.165) is 23.9 Å². The molecule has 16 heavy (non-hydrogen) atoms. The Bertz CT molecular complexity index is 359. The van der Waals surface area contributed by atoms with Crippen molar-refractivity contribution in [2.75, 3.05) is 13.1 Å². The van der Waals surface area contributed by atoms with Crippen molar-refractivity contribution in [3.8, 4) is 5.75 Å². The van der Waals surface area contributed by atoms with Gasteiger partial charge in [0.1, 0.15) is 5.75 Å². The Kier molecular flexibility index (Phi) is 3.72. The molecule has 0 aromatic heterocycles. The molecule has 1 aliphatic rings. The van der Waals surface area contributed by atoms with Crippen LogP contribution in [0.1, 0.15) is 31.7 Å². The van der Waals surface area contributed by atoms with Crippen LogP contribution in [0.25, 0.3) is 0 Å². The van der Waals surface area contributed by atoms with Gasteiger partial charge in [-0.2, -0.15) is 0 Å². The Hall–Kier alpha value is -0.730. The maximum Gasteiger partial charge on any atom is 0.138 e. The lowest BCUT2D eigenvalue weighted by molar-refractivity contribution is 0.242. The molecule has 2 rings (SSSR count). The van der Waals surface area contributed by atoms with Crippen LogP contribution in [0.5, 0.6) is 5.75 Å². The third kappa shape index (κ3) is 2.69. The summed E-state index contributed by atoms with van der Waals surface area (Å²) in [6.45, 7) is 6.17. The van der Waals surface area contributed by atoms with Crippen LogP contribution < -0.4 is 10.1 Å². The van der Waals surface area contributed by atoms with E-state index in [-0.39, 0.29) is 6.10 Å². The molecule has 1 aliphatic heterocycles. The molecule has 1 aromatic rings. The molecule has 3 heteroatoms. The first-order chi connectivity index (χ1) is 7.66. The molecule has 1 fully saturated rings. The molecule has 0 aliphatic carbocycles. The van der Waals surface area contributed by atoms with E-state index in [2.05, 4.69) is 11.4 Å². The average Bonchev–Trinajstić information content (AvgIpc) is 2.73. The lowest BCUT2D eigenvalue weighted by Gasteiger charge is -2.14. The standard InChI is InChI=1S/C13H18ClNO/c1-9(2)16-13-4-3-10(7-12(13)14)11-5-6-15-8-11/h3-4,7,9,11,15H,5-6,8H2,1-2H3. The van der Waals surface area contributed by atoms with Crippen LogP contribution in [-0.4, -0.2) is 19.2 Å². The van der Waals surface area contributed by atoms with E-state index < -0.39 is 0 Å². The second-order valence-electron chi connectivity index (χ2n) is 4.55. The molecule has 0 bridgehead atoms. The number of hydrogen-bond donors (Lipinski definition) is 1. The van der Waals surface area contributed by atoms with Crippen molar-refractivity contribution in [3.63, 3.8) is 0 Å². The molecule has 0 radical (unpaired) electrons. The molecule has 1 unspecified atom stereocenters. The molecule has 0 saturated carbocycles. The van der Waals surface area contributed by atoms with Crippen molar-refractivity contribution < 1.29 is 4.74 Å². The number of rotatable bonds is 3. The fourth-order valence-corrected chi connectivity index (χ4v) is 2.29. The third-order valence-corrected chi connectivity index (χ3v) is 3.15. The first-order valence-electron chi connectivity index (χ1n) is 5.83. The highest BCUT2D eigenvalue weighted by atomic mass is 35.5. The summed E-state index contributed by atoms with van der Waals surface area (Å²) >= 11 is 6.21. The van der Waals surface area contributed by atoms with E-state index >= 15 is 0 Å². The molecular formula is C13H18ClNO. The minimum Gasteiger partial charge on any atom is -0.489 e. The van der Waals surface area contributed by atoms with Crippen LogP contribution in [-0.2, 0) is 0 Å². The fraction of sp³-hybridized carbons (Fsp3) is 0.538. The molecule has 1 heterocycles. The zero-order chi connectivity index (χ0) is 11.5. The average molecular weight is 240 g/mol. The largest absolute Gasteiger partial charge is 0.489 e. The summed E-state index contributed by atoms with van der Waals surface area (Å²) in [5.41, 5.74) is 1.31. The maximum absolute atomic E-state index is 6.21. The monoisotopic (exact) mass is 239 g/mol. The van der Waals surface area contributed by atoms with Gasteiger partial charge in [0, 0.05) is 6.54 Å². The number of hydrogen-bond acceptors (Lipinski definition) is 2. The van der Waals surface area contributed by atoms with Crippen molar-refractivity contribution in [1.29, 1.82) is 0 Å². The van der Waals surface area contributed by atoms with Crippen molar-refractivity contribution in [1.82, 2.24) is 5.32 Å². The van der Waals surface area contributed by atoms with E-state index in [1.807, 2.05) is 26.0 Å². The summed E-state index contributed by atoms with van der Waals surface area (Å²) in [4.78, 5) is 0. The van der Waals surface area contributed by atoms with E-state index in [1.165, 1.54) is 12.0 Å². The normalized spacial score (nSPS) is 20.4. The summed E-state index contributed by atoms with van der Waals surface area (Å²) in [5.74, 6) is 1.39. The topological polar surface area (TPSA) is 21.3 Å². The van der Waals surface area contributed by atoms with E-state index in [4.69, 9.17) is 16.3 Å². The molecule has 2 nitrogen and oxygen atoms in total.